The van der Waals surface area contributed by atoms with Crippen molar-refractivity contribution in [3.05, 3.63) is 11.2 Å². The van der Waals surface area contributed by atoms with E-state index in [1.807, 2.05) is 0 Å². The SMILES string of the molecule is COc1cc(Cl)nc(NS(=O)(=O)N(C)CCC(=O)O)n1. The lowest BCUT2D eigenvalue weighted by Gasteiger charge is -2.16. The minimum absolute atomic E-state index is 0.00254. The van der Waals surface area contributed by atoms with Gasteiger partial charge in [0.2, 0.25) is 11.8 Å². The molecule has 1 heterocycles. The Labute approximate surface area is 120 Å². The number of aromatic nitrogens is 2. The topological polar surface area (TPSA) is 122 Å². The van der Waals surface area contributed by atoms with Crippen molar-refractivity contribution in [1.29, 1.82) is 0 Å². The predicted octanol–water partition coefficient (Wildman–Crippen LogP) is 0.202. The molecule has 1 rings (SSSR count). The van der Waals surface area contributed by atoms with Crippen LogP contribution in [-0.2, 0) is 15.0 Å². The molecule has 0 aliphatic carbocycles. The maximum Gasteiger partial charge on any atom is 0.304 e. The molecule has 0 saturated carbocycles. The summed E-state index contributed by atoms with van der Waals surface area (Å²) < 4.78 is 31.5. The molecule has 20 heavy (non-hydrogen) atoms. The van der Waals surface area contributed by atoms with Gasteiger partial charge in [-0.25, -0.2) is 9.71 Å². The van der Waals surface area contributed by atoms with E-state index < -0.39 is 16.2 Å². The summed E-state index contributed by atoms with van der Waals surface area (Å²) in [6, 6.07) is 1.31. The van der Waals surface area contributed by atoms with Crippen LogP contribution in [-0.4, -0.2) is 54.5 Å². The van der Waals surface area contributed by atoms with Crippen LogP contribution in [0, 0.1) is 0 Å². The molecule has 1 aromatic heterocycles. The maximum atomic E-state index is 11.9. The van der Waals surface area contributed by atoms with Crippen LogP contribution >= 0.6 is 11.6 Å². The molecule has 0 aliphatic rings. The van der Waals surface area contributed by atoms with Gasteiger partial charge < -0.3 is 9.84 Å². The molecule has 112 valence electrons. The molecular formula is C9H13ClN4O5S. The molecule has 0 spiro atoms. The number of hydrogen-bond donors (Lipinski definition) is 2. The minimum Gasteiger partial charge on any atom is -0.481 e. The molecule has 2 N–H and O–H groups in total. The summed E-state index contributed by atoms with van der Waals surface area (Å²) >= 11 is 5.68. The van der Waals surface area contributed by atoms with Crippen LogP contribution in [0.5, 0.6) is 5.88 Å². The lowest BCUT2D eigenvalue weighted by molar-refractivity contribution is -0.137. The number of carbonyl (C=O) groups is 1. The molecule has 0 aliphatic heterocycles. The molecule has 0 atom stereocenters. The van der Waals surface area contributed by atoms with Crippen LogP contribution in [0.1, 0.15) is 6.42 Å². The van der Waals surface area contributed by atoms with E-state index in [-0.39, 0.29) is 29.9 Å². The molecule has 0 saturated heterocycles. The predicted molar refractivity (Wildman–Crippen MR) is 71.0 cm³/mol. The molecule has 0 radical (unpaired) electrons. The zero-order valence-electron chi connectivity index (χ0n) is 10.7. The smallest absolute Gasteiger partial charge is 0.304 e. The van der Waals surface area contributed by atoms with Gasteiger partial charge >= 0.3 is 16.2 Å². The Morgan fingerprint density at radius 3 is 2.75 bits per heavy atom. The fraction of sp³-hybridized carbons (Fsp3) is 0.444. The average molecular weight is 325 g/mol. The zero-order valence-corrected chi connectivity index (χ0v) is 12.3. The Morgan fingerprint density at radius 1 is 1.55 bits per heavy atom. The monoisotopic (exact) mass is 324 g/mol. The summed E-state index contributed by atoms with van der Waals surface area (Å²) in [4.78, 5) is 17.9. The first-order valence-electron chi connectivity index (χ1n) is 5.29. The van der Waals surface area contributed by atoms with Crippen molar-refractivity contribution in [2.45, 2.75) is 6.42 Å². The quantitative estimate of drug-likeness (QED) is 0.687. The summed E-state index contributed by atoms with van der Waals surface area (Å²) in [5.74, 6) is -1.28. The summed E-state index contributed by atoms with van der Waals surface area (Å²) in [6.07, 6.45) is -0.322. The molecule has 0 amide bonds. The third-order valence-electron chi connectivity index (χ3n) is 2.15. The second-order valence-electron chi connectivity index (χ2n) is 3.63. The number of carboxylic acid groups (broad SMARTS) is 1. The number of ether oxygens (including phenoxy) is 1. The van der Waals surface area contributed by atoms with Crippen LogP contribution in [0.25, 0.3) is 0 Å². The first-order chi connectivity index (χ1) is 9.24. The van der Waals surface area contributed by atoms with Gasteiger partial charge in [-0.15, -0.1) is 0 Å². The molecule has 1 aromatic rings. The number of carboxylic acids is 1. The highest BCUT2D eigenvalue weighted by molar-refractivity contribution is 7.90. The molecule has 0 fully saturated rings. The molecule has 0 aromatic carbocycles. The molecule has 0 bridgehead atoms. The van der Waals surface area contributed by atoms with E-state index in [4.69, 9.17) is 21.4 Å². The second-order valence-corrected chi connectivity index (χ2v) is 5.79. The Hall–Kier alpha value is -1.65. The van der Waals surface area contributed by atoms with Gasteiger partial charge in [-0.05, 0) is 0 Å². The van der Waals surface area contributed by atoms with Crippen molar-refractivity contribution in [2.24, 2.45) is 0 Å². The Morgan fingerprint density at radius 2 is 2.20 bits per heavy atom. The van der Waals surface area contributed by atoms with Crippen LogP contribution in [0.2, 0.25) is 5.15 Å². The summed E-state index contributed by atoms with van der Waals surface area (Å²) in [5, 5.41) is 8.52. The van der Waals surface area contributed by atoms with Crippen LogP contribution in [0.15, 0.2) is 6.07 Å². The van der Waals surface area contributed by atoms with E-state index in [0.29, 0.717) is 0 Å². The molecular weight excluding hydrogens is 312 g/mol. The number of anilines is 1. The van der Waals surface area contributed by atoms with E-state index in [0.717, 1.165) is 4.31 Å². The van der Waals surface area contributed by atoms with E-state index in [1.165, 1.54) is 20.2 Å². The Balaban J connectivity index is 2.85. The zero-order chi connectivity index (χ0) is 15.3. The number of rotatable bonds is 7. The van der Waals surface area contributed by atoms with E-state index in [2.05, 4.69) is 14.7 Å². The minimum atomic E-state index is -3.97. The number of nitrogens with one attached hydrogen (secondary N) is 1. The standard InChI is InChI=1S/C9H13ClN4O5S/c1-14(4-3-8(15)16)20(17,18)13-9-11-6(10)5-7(12-9)19-2/h5H,3-4H2,1-2H3,(H,15,16)(H,11,12,13). The lowest BCUT2D eigenvalue weighted by Crippen LogP contribution is -2.34. The Bertz CT molecular complexity index is 594. The molecule has 9 nitrogen and oxygen atoms in total. The van der Waals surface area contributed by atoms with Gasteiger partial charge in [0.25, 0.3) is 0 Å². The summed E-state index contributed by atoms with van der Waals surface area (Å²) in [7, 11) is -1.40. The van der Waals surface area contributed by atoms with Crippen molar-refractivity contribution < 1.29 is 23.1 Å². The third-order valence-corrected chi connectivity index (χ3v) is 3.79. The third kappa shape index (κ3) is 4.79. The van der Waals surface area contributed by atoms with E-state index in [9.17, 15) is 13.2 Å². The maximum absolute atomic E-state index is 11.9. The number of nitrogens with zero attached hydrogens (tertiary/aromatic N) is 3. The van der Waals surface area contributed by atoms with Crippen molar-refractivity contribution in [2.75, 3.05) is 25.4 Å². The number of methoxy groups -OCH3 is 1. The fourth-order valence-corrected chi connectivity index (χ4v) is 2.10. The number of halogens is 1. The summed E-state index contributed by atoms with van der Waals surface area (Å²) in [6.45, 7) is -0.192. The van der Waals surface area contributed by atoms with E-state index in [1.54, 1.807) is 0 Å². The molecule has 0 unspecified atom stereocenters. The van der Waals surface area contributed by atoms with Gasteiger partial charge in [-0.3, -0.25) is 4.79 Å². The van der Waals surface area contributed by atoms with Crippen LogP contribution < -0.4 is 9.46 Å². The Kier molecular flexibility index (Phi) is 5.48. The van der Waals surface area contributed by atoms with Crippen molar-refractivity contribution >= 4 is 33.7 Å². The van der Waals surface area contributed by atoms with Gasteiger partial charge in [-0.2, -0.15) is 17.7 Å². The highest BCUT2D eigenvalue weighted by atomic mass is 35.5. The van der Waals surface area contributed by atoms with Crippen molar-refractivity contribution in [3.63, 3.8) is 0 Å². The van der Waals surface area contributed by atoms with Gasteiger partial charge in [0.1, 0.15) is 5.15 Å². The fourth-order valence-electron chi connectivity index (χ4n) is 1.11. The van der Waals surface area contributed by atoms with Crippen molar-refractivity contribution in [1.82, 2.24) is 14.3 Å². The number of aliphatic carboxylic acids is 1. The van der Waals surface area contributed by atoms with Gasteiger partial charge in [0.15, 0.2) is 0 Å². The van der Waals surface area contributed by atoms with Crippen LogP contribution in [0.4, 0.5) is 5.95 Å². The van der Waals surface area contributed by atoms with Crippen molar-refractivity contribution in [3.8, 4) is 5.88 Å². The first kappa shape index (κ1) is 16.4. The van der Waals surface area contributed by atoms with Crippen LogP contribution in [0.3, 0.4) is 0 Å². The largest absolute Gasteiger partial charge is 0.481 e. The first-order valence-corrected chi connectivity index (χ1v) is 7.11. The normalized spacial score (nSPS) is 11.4. The second kappa shape index (κ2) is 6.68. The van der Waals surface area contributed by atoms with Gasteiger partial charge in [-0.1, -0.05) is 11.6 Å². The highest BCUT2D eigenvalue weighted by Gasteiger charge is 2.20. The van der Waals surface area contributed by atoms with Gasteiger partial charge in [0, 0.05) is 19.7 Å². The number of hydrogen-bond acceptors (Lipinski definition) is 6. The lowest BCUT2D eigenvalue weighted by atomic mass is 10.4. The highest BCUT2D eigenvalue weighted by Crippen LogP contribution is 2.17. The average Bonchev–Trinajstić information content (AvgIpc) is 2.34. The van der Waals surface area contributed by atoms with Gasteiger partial charge in [0.05, 0.1) is 13.5 Å². The summed E-state index contributed by atoms with van der Waals surface area (Å²) in [5.41, 5.74) is 0. The molecule has 11 heteroatoms. The van der Waals surface area contributed by atoms with E-state index >= 15 is 0 Å².